The van der Waals surface area contributed by atoms with E-state index in [-0.39, 0.29) is 12.1 Å². The third-order valence-electron chi connectivity index (χ3n) is 3.11. The van der Waals surface area contributed by atoms with E-state index in [1.54, 1.807) is 0 Å². The fraction of sp³-hybridized carbons (Fsp3) is 0.769. The Morgan fingerprint density at radius 2 is 2.20 bits per heavy atom. The number of hydrogen-bond acceptors (Lipinski definition) is 6. The van der Waals surface area contributed by atoms with Crippen molar-refractivity contribution >= 4 is 6.09 Å². The number of ether oxygens (including phenoxy) is 1. The topological polar surface area (TPSA) is 89.3 Å². The van der Waals surface area contributed by atoms with E-state index < -0.39 is 5.60 Å². The standard InChI is InChI=1S/C13H22N4O3/c1-13(2,3)20-12(18)16-10-5-4-9(6-10)14-7-11-15-8-19-17-11/h8-10,14H,4-7H2,1-3H3,(H,16,18). The molecule has 0 aliphatic heterocycles. The van der Waals surface area contributed by atoms with Crippen molar-refractivity contribution in [2.45, 2.75) is 64.3 Å². The van der Waals surface area contributed by atoms with Crippen molar-refractivity contribution in [3.05, 3.63) is 12.2 Å². The molecule has 2 rings (SSSR count). The smallest absolute Gasteiger partial charge is 0.407 e. The number of hydrogen-bond donors (Lipinski definition) is 2. The molecular formula is C13H22N4O3. The fourth-order valence-corrected chi connectivity index (χ4v) is 2.28. The van der Waals surface area contributed by atoms with Crippen LogP contribution < -0.4 is 10.6 Å². The summed E-state index contributed by atoms with van der Waals surface area (Å²) < 4.78 is 9.93. The van der Waals surface area contributed by atoms with Gasteiger partial charge in [-0.1, -0.05) is 5.16 Å². The van der Waals surface area contributed by atoms with Crippen molar-refractivity contribution in [1.82, 2.24) is 20.8 Å². The molecule has 1 aromatic rings. The first-order valence-electron chi connectivity index (χ1n) is 6.90. The van der Waals surface area contributed by atoms with Crippen LogP contribution in [0.3, 0.4) is 0 Å². The Labute approximate surface area is 118 Å². The summed E-state index contributed by atoms with van der Waals surface area (Å²) in [6, 6.07) is 0.515. The molecule has 1 fully saturated rings. The molecule has 7 nitrogen and oxygen atoms in total. The predicted octanol–water partition coefficient (Wildman–Crippen LogP) is 1.60. The summed E-state index contributed by atoms with van der Waals surface area (Å²) >= 11 is 0. The molecule has 2 unspecified atom stereocenters. The maximum atomic E-state index is 11.7. The van der Waals surface area contributed by atoms with Crippen LogP contribution in [-0.2, 0) is 11.3 Å². The molecule has 1 saturated carbocycles. The van der Waals surface area contributed by atoms with Gasteiger partial charge in [-0.3, -0.25) is 0 Å². The molecule has 20 heavy (non-hydrogen) atoms. The Kier molecular flexibility index (Phi) is 4.59. The number of carbonyl (C=O) groups is 1. The van der Waals surface area contributed by atoms with E-state index in [1.165, 1.54) is 6.39 Å². The number of carbonyl (C=O) groups excluding carboxylic acids is 1. The highest BCUT2D eigenvalue weighted by molar-refractivity contribution is 5.68. The lowest BCUT2D eigenvalue weighted by Crippen LogP contribution is -2.39. The molecule has 0 aromatic carbocycles. The first-order valence-corrected chi connectivity index (χ1v) is 6.90. The second-order valence-electron chi connectivity index (χ2n) is 6.08. The Hall–Kier alpha value is -1.63. The van der Waals surface area contributed by atoms with Crippen LogP contribution in [0.4, 0.5) is 4.79 Å². The quantitative estimate of drug-likeness (QED) is 0.872. The molecule has 1 aliphatic rings. The summed E-state index contributed by atoms with van der Waals surface area (Å²) in [6.45, 7) is 6.16. The molecule has 1 amide bonds. The zero-order chi connectivity index (χ0) is 14.6. The first kappa shape index (κ1) is 14.8. The molecule has 0 saturated heterocycles. The Morgan fingerprint density at radius 1 is 1.45 bits per heavy atom. The largest absolute Gasteiger partial charge is 0.444 e. The molecule has 0 radical (unpaired) electrons. The SMILES string of the molecule is CC(C)(C)OC(=O)NC1CCC(NCc2ncon2)C1. The molecule has 112 valence electrons. The van der Waals surface area contributed by atoms with Crippen LogP contribution in [0, 0.1) is 0 Å². The molecule has 0 bridgehead atoms. The lowest BCUT2D eigenvalue weighted by Gasteiger charge is -2.21. The van der Waals surface area contributed by atoms with E-state index in [1.807, 2.05) is 20.8 Å². The third kappa shape index (κ3) is 4.80. The van der Waals surface area contributed by atoms with Gasteiger partial charge in [0.25, 0.3) is 0 Å². The second kappa shape index (κ2) is 6.21. The number of nitrogens with zero attached hydrogens (tertiary/aromatic N) is 2. The maximum absolute atomic E-state index is 11.7. The van der Waals surface area contributed by atoms with Gasteiger partial charge in [0.2, 0.25) is 6.39 Å². The van der Waals surface area contributed by atoms with Crippen LogP contribution in [0.15, 0.2) is 10.9 Å². The van der Waals surface area contributed by atoms with Crippen LogP contribution >= 0.6 is 0 Å². The highest BCUT2D eigenvalue weighted by atomic mass is 16.6. The molecular weight excluding hydrogens is 260 g/mol. The number of rotatable bonds is 4. The highest BCUT2D eigenvalue weighted by Gasteiger charge is 2.27. The van der Waals surface area contributed by atoms with Crippen molar-refractivity contribution in [2.24, 2.45) is 0 Å². The van der Waals surface area contributed by atoms with Gasteiger partial charge in [0.15, 0.2) is 5.82 Å². The first-order chi connectivity index (χ1) is 9.42. The summed E-state index contributed by atoms with van der Waals surface area (Å²) in [6.07, 6.45) is 3.82. The summed E-state index contributed by atoms with van der Waals surface area (Å²) in [4.78, 5) is 15.6. The van der Waals surface area contributed by atoms with Gasteiger partial charge in [-0.25, -0.2) is 4.79 Å². The van der Waals surface area contributed by atoms with Gasteiger partial charge < -0.3 is 19.9 Å². The second-order valence-corrected chi connectivity index (χ2v) is 6.08. The minimum Gasteiger partial charge on any atom is -0.444 e. The molecule has 1 heterocycles. The van der Waals surface area contributed by atoms with E-state index in [0.29, 0.717) is 18.4 Å². The molecule has 1 aliphatic carbocycles. The van der Waals surface area contributed by atoms with Gasteiger partial charge in [-0.05, 0) is 40.0 Å². The molecule has 1 aromatic heterocycles. The maximum Gasteiger partial charge on any atom is 0.407 e. The predicted molar refractivity (Wildman–Crippen MR) is 71.9 cm³/mol. The highest BCUT2D eigenvalue weighted by Crippen LogP contribution is 2.20. The van der Waals surface area contributed by atoms with Gasteiger partial charge in [0.05, 0.1) is 6.54 Å². The van der Waals surface area contributed by atoms with Gasteiger partial charge >= 0.3 is 6.09 Å². The van der Waals surface area contributed by atoms with Crippen LogP contribution in [0.25, 0.3) is 0 Å². The van der Waals surface area contributed by atoms with Crippen molar-refractivity contribution in [2.75, 3.05) is 0 Å². The van der Waals surface area contributed by atoms with E-state index >= 15 is 0 Å². The van der Waals surface area contributed by atoms with Gasteiger partial charge in [-0.15, -0.1) is 0 Å². The average Bonchev–Trinajstić information content (AvgIpc) is 2.94. The third-order valence-corrected chi connectivity index (χ3v) is 3.11. The number of alkyl carbamates (subject to hydrolysis) is 1. The van der Waals surface area contributed by atoms with Crippen molar-refractivity contribution in [3.8, 4) is 0 Å². The zero-order valence-corrected chi connectivity index (χ0v) is 12.2. The van der Waals surface area contributed by atoms with Crippen molar-refractivity contribution < 1.29 is 14.1 Å². The van der Waals surface area contributed by atoms with Crippen LogP contribution in [0.2, 0.25) is 0 Å². The Balaban J connectivity index is 1.68. The van der Waals surface area contributed by atoms with Crippen LogP contribution in [-0.4, -0.2) is 33.9 Å². The Morgan fingerprint density at radius 3 is 2.85 bits per heavy atom. The molecule has 2 N–H and O–H groups in total. The average molecular weight is 282 g/mol. The Bertz CT molecular complexity index is 427. The minimum absolute atomic E-state index is 0.160. The van der Waals surface area contributed by atoms with Crippen LogP contribution in [0.1, 0.15) is 45.9 Å². The summed E-state index contributed by atoms with van der Waals surface area (Å²) in [5.74, 6) is 0.647. The molecule has 0 spiro atoms. The lowest BCUT2D eigenvalue weighted by atomic mass is 10.2. The number of aromatic nitrogens is 2. The molecule has 2 atom stereocenters. The van der Waals surface area contributed by atoms with Crippen LogP contribution in [0.5, 0.6) is 0 Å². The fourth-order valence-electron chi connectivity index (χ4n) is 2.28. The minimum atomic E-state index is -0.459. The summed E-state index contributed by atoms with van der Waals surface area (Å²) in [7, 11) is 0. The van der Waals surface area contributed by atoms with Gasteiger partial charge in [-0.2, -0.15) is 4.98 Å². The summed E-state index contributed by atoms with van der Waals surface area (Å²) in [5.41, 5.74) is -0.459. The van der Waals surface area contributed by atoms with E-state index in [9.17, 15) is 4.79 Å². The normalized spacial score (nSPS) is 22.8. The van der Waals surface area contributed by atoms with Crippen molar-refractivity contribution in [3.63, 3.8) is 0 Å². The number of amides is 1. The number of nitrogens with one attached hydrogen (secondary N) is 2. The zero-order valence-electron chi connectivity index (χ0n) is 12.2. The summed E-state index contributed by atoms with van der Waals surface area (Å²) in [5, 5.41) is 10.0. The molecule has 7 heteroatoms. The van der Waals surface area contributed by atoms with Gasteiger partial charge in [0.1, 0.15) is 5.60 Å². The van der Waals surface area contributed by atoms with E-state index in [0.717, 1.165) is 19.3 Å². The van der Waals surface area contributed by atoms with Crippen molar-refractivity contribution in [1.29, 1.82) is 0 Å². The van der Waals surface area contributed by atoms with E-state index in [2.05, 4.69) is 25.3 Å². The van der Waals surface area contributed by atoms with E-state index in [4.69, 9.17) is 4.74 Å². The van der Waals surface area contributed by atoms with Gasteiger partial charge in [0, 0.05) is 12.1 Å². The lowest BCUT2D eigenvalue weighted by molar-refractivity contribution is 0.0505. The monoisotopic (exact) mass is 282 g/mol.